The number of anilines is 1. The van der Waals surface area contributed by atoms with Crippen molar-refractivity contribution in [2.24, 2.45) is 7.05 Å². The molecule has 0 radical (unpaired) electrons. The molecule has 154 valence electrons. The Kier molecular flexibility index (Phi) is 5.49. The highest BCUT2D eigenvalue weighted by molar-refractivity contribution is 6.08. The Morgan fingerprint density at radius 2 is 1.83 bits per heavy atom. The van der Waals surface area contributed by atoms with Crippen molar-refractivity contribution < 1.29 is 19.1 Å². The van der Waals surface area contributed by atoms with Gasteiger partial charge in [0, 0.05) is 42.0 Å². The van der Waals surface area contributed by atoms with Crippen molar-refractivity contribution in [3.8, 4) is 0 Å². The average molecular weight is 406 g/mol. The Labute approximate surface area is 173 Å². The van der Waals surface area contributed by atoms with Gasteiger partial charge in [0.25, 0.3) is 17.7 Å². The topological polar surface area (TPSA) is 101 Å². The summed E-state index contributed by atoms with van der Waals surface area (Å²) in [7, 11) is 1.86. The van der Waals surface area contributed by atoms with E-state index in [2.05, 4.69) is 16.2 Å². The van der Waals surface area contributed by atoms with Gasteiger partial charge in [0.2, 0.25) is 0 Å². The van der Waals surface area contributed by atoms with Gasteiger partial charge in [-0.3, -0.25) is 25.2 Å². The second-order valence-corrected chi connectivity index (χ2v) is 7.15. The van der Waals surface area contributed by atoms with Crippen LogP contribution in [0.4, 0.5) is 5.69 Å². The van der Waals surface area contributed by atoms with Gasteiger partial charge in [-0.05, 0) is 37.1 Å². The van der Waals surface area contributed by atoms with Crippen molar-refractivity contribution in [2.75, 3.05) is 11.9 Å². The van der Waals surface area contributed by atoms with Gasteiger partial charge in [-0.15, -0.1) is 0 Å². The van der Waals surface area contributed by atoms with Gasteiger partial charge in [-0.1, -0.05) is 24.3 Å². The first-order valence-electron chi connectivity index (χ1n) is 9.70. The first-order valence-corrected chi connectivity index (χ1v) is 9.70. The molecule has 2 heterocycles. The van der Waals surface area contributed by atoms with Gasteiger partial charge in [0.05, 0.1) is 5.56 Å². The van der Waals surface area contributed by atoms with E-state index in [0.717, 1.165) is 17.3 Å². The van der Waals surface area contributed by atoms with E-state index in [4.69, 9.17) is 4.74 Å². The Bertz CT molecular complexity index is 1120. The second kappa shape index (κ2) is 8.38. The minimum atomic E-state index is -0.489. The number of ether oxygens (including phenoxy) is 1. The van der Waals surface area contributed by atoms with E-state index in [1.54, 1.807) is 30.5 Å². The number of benzene rings is 2. The fraction of sp³-hybridized carbons (Fsp3) is 0.227. The Balaban J connectivity index is 1.40. The maximum atomic E-state index is 12.6. The summed E-state index contributed by atoms with van der Waals surface area (Å²) in [5.41, 5.74) is 7.05. The van der Waals surface area contributed by atoms with Crippen LogP contribution in [0.25, 0.3) is 10.9 Å². The number of carbonyl (C=O) groups excluding carboxylic acids is 3. The molecule has 1 atom stereocenters. The zero-order valence-corrected chi connectivity index (χ0v) is 16.5. The molecular weight excluding hydrogens is 384 g/mol. The molecule has 1 aliphatic heterocycles. The number of amides is 3. The summed E-state index contributed by atoms with van der Waals surface area (Å²) in [6, 6.07) is 14.0. The summed E-state index contributed by atoms with van der Waals surface area (Å²) in [5.74, 6) is -1.13. The molecule has 4 rings (SSSR count). The Hall–Kier alpha value is -3.65. The molecule has 1 aliphatic rings. The molecule has 3 amide bonds. The average Bonchev–Trinajstić information content (AvgIpc) is 3.41. The van der Waals surface area contributed by atoms with Gasteiger partial charge in [-0.2, -0.15) is 0 Å². The number of hydrogen-bond donors (Lipinski definition) is 3. The first kappa shape index (κ1) is 19.7. The number of hydrogen-bond acceptors (Lipinski definition) is 4. The van der Waals surface area contributed by atoms with Gasteiger partial charge in [-0.25, -0.2) is 0 Å². The molecule has 0 spiro atoms. The molecule has 0 bridgehead atoms. The zero-order chi connectivity index (χ0) is 21.1. The molecule has 30 heavy (non-hydrogen) atoms. The van der Waals surface area contributed by atoms with Crippen LogP contribution < -0.4 is 16.2 Å². The fourth-order valence-corrected chi connectivity index (χ4v) is 3.52. The van der Waals surface area contributed by atoms with E-state index < -0.39 is 17.9 Å². The second-order valence-electron chi connectivity index (χ2n) is 7.15. The van der Waals surface area contributed by atoms with Crippen molar-refractivity contribution in [1.29, 1.82) is 0 Å². The summed E-state index contributed by atoms with van der Waals surface area (Å²) in [6.45, 7) is 0.580. The standard InChI is InChI=1S/C22H22N4O4/c1-26-13-17(16-8-2-3-9-18(16)26)21(28)25-24-20(27)14-6-4-7-15(12-14)23-22(29)19-10-5-11-30-19/h2-4,6-9,12-13,19H,5,10-11H2,1H3,(H,23,29)(H,24,27)(H,25,28). The highest BCUT2D eigenvalue weighted by Gasteiger charge is 2.23. The number of fused-ring (bicyclic) bond motifs is 1. The number of nitrogens with one attached hydrogen (secondary N) is 3. The molecular formula is C22H22N4O4. The van der Waals surface area contributed by atoms with Gasteiger partial charge in [0.1, 0.15) is 6.10 Å². The minimum Gasteiger partial charge on any atom is -0.368 e. The number of rotatable bonds is 4. The van der Waals surface area contributed by atoms with Crippen LogP contribution in [0.5, 0.6) is 0 Å². The molecule has 2 aromatic carbocycles. The number of aromatic nitrogens is 1. The lowest BCUT2D eigenvalue weighted by Crippen LogP contribution is -2.41. The van der Waals surface area contributed by atoms with Crippen LogP contribution in [0.3, 0.4) is 0 Å². The third kappa shape index (κ3) is 4.04. The van der Waals surface area contributed by atoms with Crippen molar-refractivity contribution in [3.05, 3.63) is 65.9 Å². The Morgan fingerprint density at radius 1 is 1.03 bits per heavy atom. The number of para-hydroxylation sites is 1. The SMILES string of the molecule is Cn1cc(C(=O)NNC(=O)c2cccc(NC(=O)C3CCCO3)c2)c2ccccc21. The first-order chi connectivity index (χ1) is 14.5. The monoisotopic (exact) mass is 406 g/mol. The number of nitrogens with zero attached hydrogens (tertiary/aromatic N) is 1. The molecule has 1 unspecified atom stereocenters. The van der Waals surface area contributed by atoms with Gasteiger partial charge in [0.15, 0.2) is 0 Å². The number of carbonyl (C=O) groups is 3. The van der Waals surface area contributed by atoms with Crippen LogP contribution in [0, 0.1) is 0 Å². The van der Waals surface area contributed by atoms with Crippen LogP contribution in [-0.2, 0) is 16.6 Å². The molecule has 0 aliphatic carbocycles. The van der Waals surface area contributed by atoms with E-state index >= 15 is 0 Å². The summed E-state index contributed by atoms with van der Waals surface area (Å²) < 4.78 is 7.22. The molecule has 1 aromatic heterocycles. The number of hydrazine groups is 1. The summed E-state index contributed by atoms with van der Waals surface area (Å²) >= 11 is 0. The fourth-order valence-electron chi connectivity index (χ4n) is 3.52. The van der Waals surface area contributed by atoms with Crippen LogP contribution in [0.15, 0.2) is 54.7 Å². The van der Waals surface area contributed by atoms with Crippen molar-refractivity contribution >= 4 is 34.3 Å². The lowest BCUT2D eigenvalue weighted by Gasteiger charge is -2.12. The predicted octanol–water partition coefficient (Wildman–Crippen LogP) is 2.37. The zero-order valence-electron chi connectivity index (χ0n) is 16.5. The van der Waals surface area contributed by atoms with E-state index in [9.17, 15) is 14.4 Å². The predicted molar refractivity (Wildman–Crippen MR) is 112 cm³/mol. The molecule has 8 nitrogen and oxygen atoms in total. The molecule has 3 aromatic rings. The van der Waals surface area contributed by atoms with E-state index in [1.165, 1.54) is 0 Å². The smallest absolute Gasteiger partial charge is 0.271 e. The molecule has 8 heteroatoms. The Morgan fingerprint density at radius 3 is 2.63 bits per heavy atom. The van der Waals surface area contributed by atoms with Crippen LogP contribution in [0.2, 0.25) is 0 Å². The summed E-state index contributed by atoms with van der Waals surface area (Å²) in [4.78, 5) is 37.2. The lowest BCUT2D eigenvalue weighted by molar-refractivity contribution is -0.124. The van der Waals surface area contributed by atoms with Gasteiger partial charge >= 0.3 is 0 Å². The van der Waals surface area contributed by atoms with Gasteiger partial charge < -0.3 is 14.6 Å². The highest BCUT2D eigenvalue weighted by atomic mass is 16.5. The van der Waals surface area contributed by atoms with Crippen molar-refractivity contribution in [2.45, 2.75) is 18.9 Å². The molecule has 3 N–H and O–H groups in total. The van der Waals surface area contributed by atoms with Crippen molar-refractivity contribution in [1.82, 2.24) is 15.4 Å². The maximum absolute atomic E-state index is 12.6. The minimum absolute atomic E-state index is 0.227. The van der Waals surface area contributed by atoms with Crippen LogP contribution in [-0.4, -0.2) is 35.0 Å². The normalized spacial score (nSPS) is 15.7. The largest absolute Gasteiger partial charge is 0.368 e. The van der Waals surface area contributed by atoms with E-state index in [-0.39, 0.29) is 5.91 Å². The lowest BCUT2D eigenvalue weighted by atomic mass is 10.1. The van der Waals surface area contributed by atoms with Crippen LogP contribution in [0.1, 0.15) is 33.6 Å². The highest BCUT2D eigenvalue weighted by Crippen LogP contribution is 2.20. The van der Waals surface area contributed by atoms with E-state index in [0.29, 0.717) is 29.8 Å². The summed E-state index contributed by atoms with van der Waals surface area (Å²) in [6.07, 6.45) is 2.80. The van der Waals surface area contributed by atoms with Crippen molar-refractivity contribution in [3.63, 3.8) is 0 Å². The van der Waals surface area contributed by atoms with E-state index in [1.807, 2.05) is 35.9 Å². The maximum Gasteiger partial charge on any atom is 0.271 e. The molecule has 1 saturated heterocycles. The molecule has 1 fully saturated rings. The third-order valence-electron chi connectivity index (χ3n) is 5.05. The van der Waals surface area contributed by atoms with Crippen LogP contribution >= 0.6 is 0 Å². The third-order valence-corrected chi connectivity index (χ3v) is 5.05. The quantitative estimate of drug-likeness (QED) is 0.579. The molecule has 0 saturated carbocycles. The number of aryl methyl sites for hydroxylation is 1. The summed E-state index contributed by atoms with van der Waals surface area (Å²) in [5, 5.41) is 3.56.